The summed E-state index contributed by atoms with van der Waals surface area (Å²) in [5.74, 6) is 0.963. The molecule has 0 unspecified atom stereocenters. The van der Waals surface area contributed by atoms with Crippen LogP contribution in [0, 0.1) is 11.7 Å². The molecule has 6 nitrogen and oxygen atoms in total. The number of aromatic amines is 1. The maximum Gasteiger partial charge on any atom is 0.232 e. The van der Waals surface area contributed by atoms with Gasteiger partial charge in [-0.2, -0.15) is 5.10 Å². The Kier molecular flexibility index (Phi) is 4.80. The van der Waals surface area contributed by atoms with Crippen LogP contribution in [-0.4, -0.2) is 29.9 Å². The normalized spacial score (nSPS) is 11.9. The topological polar surface area (TPSA) is 79.0 Å². The Hall–Kier alpha value is -1.96. The van der Waals surface area contributed by atoms with Crippen LogP contribution in [0.3, 0.4) is 0 Å². The van der Waals surface area contributed by atoms with E-state index in [-0.39, 0.29) is 12.2 Å². The van der Waals surface area contributed by atoms with Crippen LogP contribution < -0.4 is 4.31 Å². The molecule has 1 heterocycles. The lowest BCUT2D eigenvalue weighted by molar-refractivity contribution is 0.594. The molecule has 1 aromatic heterocycles. The van der Waals surface area contributed by atoms with Crippen LogP contribution in [0.2, 0.25) is 0 Å². The zero-order chi connectivity index (χ0) is 16.3. The molecule has 0 aliphatic carbocycles. The average Bonchev–Trinajstić information content (AvgIpc) is 2.81. The number of aromatic nitrogens is 3. The lowest BCUT2D eigenvalue weighted by Gasteiger charge is -2.21. The Labute approximate surface area is 129 Å². The summed E-state index contributed by atoms with van der Waals surface area (Å²) in [6.07, 6.45) is 1.78. The third-order valence-electron chi connectivity index (χ3n) is 2.96. The highest BCUT2D eigenvalue weighted by molar-refractivity contribution is 7.92. The van der Waals surface area contributed by atoms with Gasteiger partial charge in [0, 0.05) is 6.42 Å². The summed E-state index contributed by atoms with van der Waals surface area (Å²) < 4.78 is 38.4. The number of rotatable bonds is 6. The molecule has 120 valence electrons. The number of hydrogen-bond acceptors (Lipinski definition) is 4. The largest absolute Gasteiger partial charge is 0.263 e. The van der Waals surface area contributed by atoms with Crippen LogP contribution in [0.5, 0.6) is 0 Å². The van der Waals surface area contributed by atoms with Crippen LogP contribution in [0.25, 0.3) is 0 Å². The van der Waals surface area contributed by atoms with E-state index in [0.29, 0.717) is 24.0 Å². The minimum atomic E-state index is -3.57. The van der Waals surface area contributed by atoms with E-state index in [1.165, 1.54) is 24.3 Å². The van der Waals surface area contributed by atoms with Crippen LogP contribution in [0.4, 0.5) is 10.1 Å². The van der Waals surface area contributed by atoms with Crippen molar-refractivity contribution >= 4 is 15.7 Å². The van der Waals surface area contributed by atoms with E-state index in [4.69, 9.17) is 0 Å². The Morgan fingerprint density at radius 1 is 1.36 bits per heavy atom. The zero-order valence-electron chi connectivity index (χ0n) is 12.7. The number of hydrogen-bond donors (Lipinski definition) is 1. The maximum absolute atomic E-state index is 13.3. The Bertz CT molecular complexity index is 743. The minimum Gasteiger partial charge on any atom is -0.263 e. The van der Waals surface area contributed by atoms with Gasteiger partial charge in [0.25, 0.3) is 0 Å². The van der Waals surface area contributed by atoms with Crippen molar-refractivity contribution in [1.29, 1.82) is 0 Å². The van der Waals surface area contributed by atoms with Gasteiger partial charge >= 0.3 is 0 Å². The van der Waals surface area contributed by atoms with E-state index in [1.54, 1.807) is 0 Å². The van der Waals surface area contributed by atoms with Crippen molar-refractivity contribution in [2.24, 2.45) is 5.92 Å². The second-order valence-electron chi connectivity index (χ2n) is 5.55. The quantitative estimate of drug-likeness (QED) is 0.882. The lowest BCUT2D eigenvalue weighted by Crippen LogP contribution is -2.29. The van der Waals surface area contributed by atoms with Crippen LogP contribution >= 0.6 is 0 Å². The third-order valence-corrected chi connectivity index (χ3v) is 4.10. The SMILES string of the molecule is CC(C)Cc1n[nH]c(CN(c2cccc(F)c2)S(C)(=O)=O)n1. The standard InChI is InChI=1S/C14H19FN4O2S/c1-10(2)7-13-16-14(18-17-13)9-19(22(3,20)21)12-6-4-5-11(15)8-12/h4-6,8,10H,7,9H2,1-3H3,(H,16,17,18). The number of halogens is 1. The van der Waals surface area contributed by atoms with Gasteiger partial charge in [-0.3, -0.25) is 9.40 Å². The summed E-state index contributed by atoms with van der Waals surface area (Å²) in [4.78, 5) is 4.29. The molecule has 2 rings (SSSR count). The molecule has 0 bridgehead atoms. The third kappa shape index (κ3) is 4.27. The minimum absolute atomic E-state index is 0.0205. The van der Waals surface area contributed by atoms with E-state index < -0.39 is 15.8 Å². The van der Waals surface area contributed by atoms with Gasteiger partial charge in [0.05, 0.1) is 18.5 Å². The van der Waals surface area contributed by atoms with E-state index in [2.05, 4.69) is 15.2 Å². The first-order valence-electron chi connectivity index (χ1n) is 6.89. The van der Waals surface area contributed by atoms with Crippen molar-refractivity contribution in [2.75, 3.05) is 10.6 Å². The van der Waals surface area contributed by atoms with E-state index in [0.717, 1.165) is 10.6 Å². The highest BCUT2D eigenvalue weighted by atomic mass is 32.2. The summed E-state index contributed by atoms with van der Waals surface area (Å²) in [5, 5.41) is 6.81. The number of nitrogens with one attached hydrogen (secondary N) is 1. The molecule has 8 heteroatoms. The van der Waals surface area contributed by atoms with Crippen molar-refractivity contribution in [3.63, 3.8) is 0 Å². The summed E-state index contributed by atoms with van der Waals surface area (Å²) in [6.45, 7) is 4.07. The average molecular weight is 326 g/mol. The van der Waals surface area contributed by atoms with Gasteiger partial charge in [-0.15, -0.1) is 0 Å². The fraction of sp³-hybridized carbons (Fsp3) is 0.429. The number of H-pyrrole nitrogens is 1. The number of anilines is 1. The second kappa shape index (κ2) is 6.43. The molecule has 0 aliphatic rings. The Morgan fingerprint density at radius 3 is 2.68 bits per heavy atom. The molecule has 2 aromatic rings. The zero-order valence-corrected chi connectivity index (χ0v) is 13.6. The van der Waals surface area contributed by atoms with Gasteiger partial charge in [0.2, 0.25) is 10.0 Å². The number of sulfonamides is 1. The first-order valence-corrected chi connectivity index (χ1v) is 8.74. The molecule has 0 fully saturated rings. The second-order valence-corrected chi connectivity index (χ2v) is 7.45. The lowest BCUT2D eigenvalue weighted by atomic mass is 10.1. The summed E-state index contributed by atoms with van der Waals surface area (Å²) in [7, 11) is -3.57. The molecule has 0 atom stereocenters. The van der Waals surface area contributed by atoms with Crippen LogP contribution in [0.1, 0.15) is 25.5 Å². The molecule has 1 aromatic carbocycles. The molecule has 0 saturated carbocycles. The summed E-state index contributed by atoms with van der Waals surface area (Å²) >= 11 is 0. The van der Waals surface area contributed by atoms with Crippen molar-refractivity contribution in [1.82, 2.24) is 15.2 Å². The molecular formula is C14H19FN4O2S. The van der Waals surface area contributed by atoms with E-state index in [9.17, 15) is 12.8 Å². The fourth-order valence-electron chi connectivity index (χ4n) is 2.03. The summed E-state index contributed by atoms with van der Waals surface area (Å²) in [5.41, 5.74) is 0.254. The van der Waals surface area contributed by atoms with Gasteiger partial charge in [0.1, 0.15) is 11.6 Å². The smallest absolute Gasteiger partial charge is 0.232 e. The molecule has 0 spiro atoms. The monoisotopic (exact) mass is 326 g/mol. The van der Waals surface area contributed by atoms with Gasteiger partial charge in [-0.25, -0.2) is 17.8 Å². The van der Waals surface area contributed by atoms with Gasteiger partial charge < -0.3 is 0 Å². The van der Waals surface area contributed by atoms with E-state index in [1.807, 2.05) is 13.8 Å². The predicted octanol–water partition coefficient (Wildman–Crippen LogP) is 2.11. The molecule has 22 heavy (non-hydrogen) atoms. The van der Waals surface area contributed by atoms with Crippen molar-refractivity contribution in [3.05, 3.63) is 41.7 Å². The van der Waals surface area contributed by atoms with E-state index >= 15 is 0 Å². The number of nitrogens with zero attached hydrogens (tertiary/aromatic N) is 3. The van der Waals surface area contributed by atoms with Gasteiger partial charge in [-0.05, 0) is 24.1 Å². The molecule has 0 aliphatic heterocycles. The van der Waals surface area contributed by atoms with Crippen molar-refractivity contribution < 1.29 is 12.8 Å². The van der Waals surface area contributed by atoms with Gasteiger partial charge in [-0.1, -0.05) is 19.9 Å². The first kappa shape index (κ1) is 16.4. The van der Waals surface area contributed by atoms with Crippen LogP contribution in [0.15, 0.2) is 24.3 Å². The van der Waals surface area contributed by atoms with Crippen molar-refractivity contribution in [2.45, 2.75) is 26.8 Å². The van der Waals surface area contributed by atoms with Crippen molar-refractivity contribution in [3.8, 4) is 0 Å². The highest BCUT2D eigenvalue weighted by Gasteiger charge is 2.20. The molecular weight excluding hydrogens is 307 g/mol. The summed E-state index contributed by atoms with van der Waals surface area (Å²) in [6, 6.07) is 5.44. The van der Waals surface area contributed by atoms with Gasteiger partial charge in [0.15, 0.2) is 5.82 Å². The highest BCUT2D eigenvalue weighted by Crippen LogP contribution is 2.20. The predicted molar refractivity (Wildman–Crippen MR) is 82.4 cm³/mol. The molecule has 1 N–H and O–H groups in total. The fourth-order valence-corrected chi connectivity index (χ4v) is 2.88. The Morgan fingerprint density at radius 2 is 2.09 bits per heavy atom. The maximum atomic E-state index is 13.3. The molecule has 0 radical (unpaired) electrons. The Balaban J connectivity index is 2.26. The number of benzene rings is 1. The first-order chi connectivity index (χ1) is 10.3. The molecule has 0 amide bonds. The molecule has 0 saturated heterocycles. The van der Waals surface area contributed by atoms with Crippen LogP contribution in [-0.2, 0) is 23.0 Å².